The normalized spacial score (nSPS) is 11.1. The van der Waals surface area contributed by atoms with Crippen molar-refractivity contribution in [3.63, 3.8) is 0 Å². The molecule has 0 aliphatic rings. The monoisotopic (exact) mass is 414 g/mol. The molecule has 0 spiro atoms. The number of ether oxygens (including phenoxy) is 1. The SMILES string of the molecule is CCOC(=O)CCc1c(F)cc(NS(=O)(=O)c2ccccc2[N+](=O)[O-])cc1F. The number of sulfonamides is 1. The first-order valence-electron chi connectivity index (χ1n) is 8.05. The van der Waals surface area contributed by atoms with Crippen molar-refractivity contribution in [2.75, 3.05) is 11.3 Å². The van der Waals surface area contributed by atoms with E-state index in [1.54, 1.807) is 6.92 Å². The lowest BCUT2D eigenvalue weighted by molar-refractivity contribution is -0.387. The third-order valence-electron chi connectivity index (χ3n) is 3.63. The summed E-state index contributed by atoms with van der Waals surface area (Å²) < 4.78 is 59.8. The number of rotatable bonds is 8. The van der Waals surface area contributed by atoms with Crippen molar-refractivity contribution >= 4 is 27.4 Å². The average molecular weight is 414 g/mol. The molecule has 0 heterocycles. The molecule has 0 atom stereocenters. The highest BCUT2D eigenvalue weighted by molar-refractivity contribution is 7.92. The van der Waals surface area contributed by atoms with Crippen LogP contribution in [0.1, 0.15) is 18.9 Å². The molecule has 0 aliphatic carbocycles. The smallest absolute Gasteiger partial charge is 0.306 e. The van der Waals surface area contributed by atoms with Crippen molar-refractivity contribution in [1.29, 1.82) is 0 Å². The van der Waals surface area contributed by atoms with Crippen LogP contribution in [0.4, 0.5) is 20.2 Å². The molecule has 0 radical (unpaired) electrons. The summed E-state index contributed by atoms with van der Waals surface area (Å²) in [6.07, 6.45) is -0.517. The lowest BCUT2D eigenvalue weighted by Gasteiger charge is -2.11. The summed E-state index contributed by atoms with van der Waals surface area (Å²) in [6, 6.07) is 6.02. The quantitative estimate of drug-likeness (QED) is 0.403. The number of halogens is 2. The summed E-state index contributed by atoms with van der Waals surface area (Å²) in [6.45, 7) is 1.73. The van der Waals surface area contributed by atoms with Gasteiger partial charge in [-0.2, -0.15) is 0 Å². The van der Waals surface area contributed by atoms with Crippen LogP contribution in [0.3, 0.4) is 0 Å². The number of nitrogens with one attached hydrogen (secondary N) is 1. The molecule has 0 amide bonds. The highest BCUT2D eigenvalue weighted by Gasteiger charge is 2.26. The molecule has 0 unspecified atom stereocenters. The Morgan fingerprint density at radius 3 is 2.39 bits per heavy atom. The third kappa shape index (κ3) is 5.00. The first-order valence-corrected chi connectivity index (χ1v) is 9.53. The number of hydrogen-bond acceptors (Lipinski definition) is 6. The first-order chi connectivity index (χ1) is 13.2. The fraction of sp³-hybridized carbons (Fsp3) is 0.235. The van der Waals surface area contributed by atoms with Crippen LogP contribution in [-0.2, 0) is 26.0 Å². The minimum absolute atomic E-state index is 0.135. The van der Waals surface area contributed by atoms with Gasteiger partial charge in [0.15, 0.2) is 4.90 Å². The maximum atomic E-state index is 14.2. The number of nitro groups is 1. The number of benzene rings is 2. The summed E-state index contributed by atoms with van der Waals surface area (Å²) >= 11 is 0. The van der Waals surface area contributed by atoms with Crippen LogP contribution in [-0.4, -0.2) is 25.9 Å². The summed E-state index contributed by atoms with van der Waals surface area (Å²) in [4.78, 5) is 20.8. The van der Waals surface area contributed by atoms with Crippen molar-refractivity contribution < 1.29 is 31.7 Å². The Kier molecular flexibility index (Phi) is 6.62. The van der Waals surface area contributed by atoms with Crippen LogP contribution < -0.4 is 4.72 Å². The van der Waals surface area contributed by atoms with Gasteiger partial charge in [0.05, 0.1) is 17.2 Å². The maximum Gasteiger partial charge on any atom is 0.306 e. The van der Waals surface area contributed by atoms with Gasteiger partial charge in [-0.25, -0.2) is 17.2 Å². The minimum Gasteiger partial charge on any atom is -0.466 e. The number of hydrogen-bond donors (Lipinski definition) is 1. The van der Waals surface area contributed by atoms with Crippen molar-refractivity contribution in [2.24, 2.45) is 0 Å². The molecule has 0 saturated heterocycles. The third-order valence-corrected chi connectivity index (χ3v) is 5.06. The Balaban J connectivity index is 2.28. The van der Waals surface area contributed by atoms with E-state index in [2.05, 4.69) is 4.74 Å². The van der Waals surface area contributed by atoms with E-state index in [0.29, 0.717) is 0 Å². The lowest BCUT2D eigenvalue weighted by atomic mass is 10.1. The van der Waals surface area contributed by atoms with Gasteiger partial charge >= 0.3 is 5.97 Å². The molecule has 150 valence electrons. The van der Waals surface area contributed by atoms with Gasteiger partial charge in [0.1, 0.15) is 11.6 Å². The van der Waals surface area contributed by atoms with Gasteiger partial charge in [-0.3, -0.25) is 19.6 Å². The van der Waals surface area contributed by atoms with Crippen LogP contribution in [0.15, 0.2) is 41.3 Å². The van der Waals surface area contributed by atoms with Crippen LogP contribution in [0.2, 0.25) is 0 Å². The Bertz CT molecular complexity index is 987. The summed E-state index contributed by atoms with van der Waals surface area (Å²) in [7, 11) is -4.47. The fourth-order valence-electron chi connectivity index (χ4n) is 2.41. The van der Waals surface area contributed by atoms with Gasteiger partial charge in [-0.1, -0.05) is 12.1 Å². The molecule has 8 nitrogen and oxygen atoms in total. The standard InChI is InChI=1S/C17H16F2N2O6S/c1-2-27-17(22)8-7-12-13(18)9-11(10-14(12)19)20-28(25,26)16-6-4-3-5-15(16)21(23)24/h3-6,9-10,20H,2,7-8H2,1H3. The number of para-hydroxylation sites is 1. The molecule has 0 aliphatic heterocycles. The summed E-state index contributed by atoms with van der Waals surface area (Å²) in [5.41, 5.74) is -1.53. The van der Waals surface area contributed by atoms with Gasteiger partial charge in [0.2, 0.25) is 0 Å². The zero-order chi connectivity index (χ0) is 20.9. The molecule has 11 heteroatoms. The Hall–Kier alpha value is -3.08. The molecule has 28 heavy (non-hydrogen) atoms. The zero-order valence-electron chi connectivity index (χ0n) is 14.6. The average Bonchev–Trinajstić information content (AvgIpc) is 2.60. The van der Waals surface area contributed by atoms with E-state index < -0.39 is 54.4 Å². The zero-order valence-corrected chi connectivity index (χ0v) is 15.5. The second kappa shape index (κ2) is 8.74. The van der Waals surface area contributed by atoms with Gasteiger partial charge in [0.25, 0.3) is 15.7 Å². The fourth-order valence-corrected chi connectivity index (χ4v) is 3.62. The van der Waals surface area contributed by atoms with E-state index >= 15 is 0 Å². The Morgan fingerprint density at radius 1 is 1.21 bits per heavy atom. The Labute approximate surface area is 159 Å². The van der Waals surface area contributed by atoms with Crippen molar-refractivity contribution in [3.05, 3.63) is 63.7 Å². The largest absolute Gasteiger partial charge is 0.466 e. The highest BCUT2D eigenvalue weighted by atomic mass is 32.2. The number of esters is 1. The lowest BCUT2D eigenvalue weighted by Crippen LogP contribution is -2.15. The van der Waals surface area contributed by atoms with Crippen LogP contribution >= 0.6 is 0 Å². The second-order valence-corrected chi connectivity index (χ2v) is 7.20. The molecule has 0 aromatic heterocycles. The molecule has 2 aromatic carbocycles. The highest BCUT2D eigenvalue weighted by Crippen LogP contribution is 2.27. The molecule has 0 bridgehead atoms. The van der Waals surface area contributed by atoms with Gasteiger partial charge < -0.3 is 4.74 Å². The van der Waals surface area contributed by atoms with E-state index in [9.17, 15) is 32.1 Å². The van der Waals surface area contributed by atoms with E-state index in [1.165, 1.54) is 12.1 Å². The molecular weight excluding hydrogens is 398 g/mol. The molecular formula is C17H16F2N2O6S. The number of nitrogens with zero attached hydrogens (tertiary/aromatic N) is 1. The predicted octanol–water partition coefficient (Wildman–Crippen LogP) is 3.17. The van der Waals surface area contributed by atoms with Crippen LogP contribution in [0.5, 0.6) is 0 Å². The Morgan fingerprint density at radius 2 is 1.82 bits per heavy atom. The first kappa shape index (κ1) is 21.2. The van der Waals surface area contributed by atoms with Gasteiger partial charge in [0, 0.05) is 18.1 Å². The van der Waals surface area contributed by atoms with Crippen molar-refractivity contribution in [1.82, 2.24) is 0 Å². The number of nitro benzene ring substituents is 1. The molecule has 0 saturated carbocycles. The van der Waals surface area contributed by atoms with Crippen molar-refractivity contribution in [3.8, 4) is 0 Å². The van der Waals surface area contributed by atoms with Crippen LogP contribution in [0.25, 0.3) is 0 Å². The van der Waals surface area contributed by atoms with Crippen molar-refractivity contribution in [2.45, 2.75) is 24.7 Å². The molecule has 2 aromatic rings. The van der Waals surface area contributed by atoms with Crippen LogP contribution in [0, 0.1) is 21.7 Å². The molecule has 0 fully saturated rings. The van der Waals surface area contributed by atoms with E-state index in [0.717, 1.165) is 24.3 Å². The van der Waals surface area contributed by atoms with Gasteiger partial charge in [-0.05, 0) is 31.5 Å². The minimum atomic E-state index is -4.47. The van der Waals surface area contributed by atoms with E-state index in [4.69, 9.17) is 0 Å². The topological polar surface area (TPSA) is 116 Å². The second-order valence-electron chi connectivity index (χ2n) is 5.55. The predicted molar refractivity (Wildman–Crippen MR) is 95.2 cm³/mol. The molecule has 1 N–H and O–H groups in total. The van der Waals surface area contributed by atoms with Gasteiger partial charge in [-0.15, -0.1) is 0 Å². The number of anilines is 1. The number of carbonyl (C=O) groups excluding carboxylic acids is 1. The summed E-state index contributed by atoms with van der Waals surface area (Å²) in [5.74, 6) is -2.75. The van der Waals surface area contributed by atoms with E-state index in [-0.39, 0.29) is 19.4 Å². The number of carbonyl (C=O) groups is 1. The van der Waals surface area contributed by atoms with E-state index in [1.807, 2.05) is 4.72 Å². The maximum absolute atomic E-state index is 14.2. The summed E-state index contributed by atoms with van der Waals surface area (Å²) in [5, 5.41) is 11.0. The molecule has 2 rings (SSSR count).